The predicted octanol–water partition coefficient (Wildman–Crippen LogP) is 3.18. The molecule has 0 aromatic heterocycles. The Morgan fingerprint density at radius 3 is 2.26 bits per heavy atom. The first-order chi connectivity index (χ1) is 9.03. The van der Waals surface area contributed by atoms with Gasteiger partial charge in [-0.2, -0.15) is 0 Å². The smallest absolute Gasteiger partial charge is 0.159 e. The van der Waals surface area contributed by atoms with Gasteiger partial charge >= 0.3 is 0 Å². The maximum absolute atomic E-state index is 11.2. The maximum Gasteiger partial charge on any atom is 0.159 e. The zero-order valence-corrected chi connectivity index (χ0v) is 12.2. The van der Waals surface area contributed by atoms with Crippen molar-refractivity contribution in [1.82, 2.24) is 4.90 Å². The van der Waals surface area contributed by atoms with Gasteiger partial charge in [-0.25, -0.2) is 0 Å². The minimum absolute atomic E-state index is 0.118. The quantitative estimate of drug-likeness (QED) is 0.825. The van der Waals surface area contributed by atoms with E-state index in [1.165, 1.54) is 25.7 Å². The number of hydrogen-bond acceptors (Lipinski definition) is 3. The Kier molecular flexibility index (Phi) is 4.25. The van der Waals surface area contributed by atoms with Crippen molar-refractivity contribution in [1.29, 1.82) is 0 Å². The zero-order valence-electron chi connectivity index (χ0n) is 12.2. The van der Waals surface area contributed by atoms with Crippen LogP contribution in [-0.4, -0.2) is 36.9 Å². The SMILES string of the molecule is CC(=O)c1ccc(NCC2(N(C)C)CCCC2)cc1. The Labute approximate surface area is 116 Å². The highest BCUT2D eigenvalue weighted by atomic mass is 16.1. The van der Waals surface area contributed by atoms with E-state index < -0.39 is 0 Å². The number of anilines is 1. The van der Waals surface area contributed by atoms with E-state index in [1.54, 1.807) is 6.92 Å². The summed E-state index contributed by atoms with van der Waals surface area (Å²) in [6, 6.07) is 7.77. The molecule has 0 amide bonds. The molecule has 1 aromatic rings. The molecule has 1 aromatic carbocycles. The molecule has 0 saturated heterocycles. The van der Waals surface area contributed by atoms with Crippen molar-refractivity contribution in [2.45, 2.75) is 38.1 Å². The summed E-state index contributed by atoms with van der Waals surface area (Å²) in [5.74, 6) is 0.118. The normalized spacial score (nSPS) is 17.7. The lowest BCUT2D eigenvalue weighted by Gasteiger charge is -2.36. The van der Waals surface area contributed by atoms with Crippen LogP contribution in [0, 0.1) is 0 Å². The summed E-state index contributed by atoms with van der Waals surface area (Å²) >= 11 is 0. The molecule has 1 N–H and O–H groups in total. The lowest BCUT2D eigenvalue weighted by Crippen LogP contribution is -2.47. The van der Waals surface area contributed by atoms with Gasteiger partial charge in [0.1, 0.15) is 0 Å². The molecule has 0 radical (unpaired) electrons. The average Bonchev–Trinajstić information content (AvgIpc) is 2.87. The number of likely N-dealkylation sites (N-methyl/N-ethyl adjacent to an activating group) is 1. The van der Waals surface area contributed by atoms with Crippen LogP contribution in [0.1, 0.15) is 43.0 Å². The Balaban J connectivity index is 1.99. The van der Waals surface area contributed by atoms with Crippen LogP contribution in [0.25, 0.3) is 0 Å². The first kappa shape index (κ1) is 14.1. The van der Waals surface area contributed by atoms with Gasteiger partial charge in [-0.05, 0) is 58.1 Å². The highest BCUT2D eigenvalue weighted by molar-refractivity contribution is 5.94. The van der Waals surface area contributed by atoms with Gasteiger partial charge in [0.2, 0.25) is 0 Å². The summed E-state index contributed by atoms with van der Waals surface area (Å²) in [7, 11) is 4.34. The van der Waals surface area contributed by atoms with Crippen LogP contribution in [0.3, 0.4) is 0 Å². The highest BCUT2D eigenvalue weighted by Gasteiger charge is 2.35. The van der Waals surface area contributed by atoms with Crippen LogP contribution in [0.2, 0.25) is 0 Å². The van der Waals surface area contributed by atoms with E-state index in [-0.39, 0.29) is 5.78 Å². The molecule has 1 fully saturated rings. The van der Waals surface area contributed by atoms with Crippen molar-refractivity contribution in [3.05, 3.63) is 29.8 Å². The third-order valence-electron chi connectivity index (χ3n) is 4.40. The summed E-state index contributed by atoms with van der Waals surface area (Å²) in [5, 5.41) is 3.52. The van der Waals surface area contributed by atoms with Gasteiger partial charge in [0, 0.05) is 23.3 Å². The number of carbonyl (C=O) groups is 1. The largest absolute Gasteiger partial charge is 0.383 e. The molecule has 3 nitrogen and oxygen atoms in total. The van der Waals surface area contributed by atoms with Crippen molar-refractivity contribution >= 4 is 11.5 Å². The number of rotatable bonds is 5. The summed E-state index contributed by atoms with van der Waals surface area (Å²) in [4.78, 5) is 13.6. The first-order valence-electron chi connectivity index (χ1n) is 7.06. The molecule has 0 spiro atoms. The van der Waals surface area contributed by atoms with Crippen LogP contribution in [0.5, 0.6) is 0 Å². The Hall–Kier alpha value is -1.35. The second-order valence-corrected chi connectivity index (χ2v) is 5.81. The third kappa shape index (κ3) is 3.16. The van der Waals surface area contributed by atoms with Crippen molar-refractivity contribution in [2.24, 2.45) is 0 Å². The van der Waals surface area contributed by atoms with E-state index in [2.05, 4.69) is 24.3 Å². The van der Waals surface area contributed by atoms with E-state index in [4.69, 9.17) is 0 Å². The lowest BCUT2D eigenvalue weighted by molar-refractivity contribution is 0.101. The van der Waals surface area contributed by atoms with Crippen molar-refractivity contribution < 1.29 is 4.79 Å². The van der Waals surface area contributed by atoms with Crippen molar-refractivity contribution in [3.63, 3.8) is 0 Å². The van der Waals surface area contributed by atoms with E-state index in [1.807, 2.05) is 24.3 Å². The summed E-state index contributed by atoms with van der Waals surface area (Å²) in [6.45, 7) is 2.57. The van der Waals surface area contributed by atoms with E-state index >= 15 is 0 Å². The molecule has 0 bridgehead atoms. The molecule has 1 saturated carbocycles. The topological polar surface area (TPSA) is 32.3 Å². The fourth-order valence-electron chi connectivity index (χ4n) is 2.90. The van der Waals surface area contributed by atoms with Crippen LogP contribution in [-0.2, 0) is 0 Å². The summed E-state index contributed by atoms with van der Waals surface area (Å²) in [6.07, 6.45) is 5.17. The molecule has 1 aliphatic carbocycles. The molecule has 2 rings (SSSR count). The predicted molar refractivity (Wildman–Crippen MR) is 79.8 cm³/mol. The zero-order chi connectivity index (χ0) is 13.9. The Bertz CT molecular complexity index is 431. The van der Waals surface area contributed by atoms with Gasteiger partial charge in [-0.15, -0.1) is 0 Å². The van der Waals surface area contributed by atoms with E-state index in [0.29, 0.717) is 5.54 Å². The van der Waals surface area contributed by atoms with Gasteiger partial charge in [0.05, 0.1) is 0 Å². The second kappa shape index (κ2) is 5.74. The number of nitrogens with one attached hydrogen (secondary N) is 1. The van der Waals surface area contributed by atoms with Crippen LogP contribution < -0.4 is 5.32 Å². The van der Waals surface area contributed by atoms with Gasteiger partial charge < -0.3 is 10.2 Å². The molecule has 0 heterocycles. The molecule has 1 aliphatic rings. The second-order valence-electron chi connectivity index (χ2n) is 5.81. The van der Waals surface area contributed by atoms with E-state index in [9.17, 15) is 4.79 Å². The van der Waals surface area contributed by atoms with Gasteiger partial charge in [0.25, 0.3) is 0 Å². The lowest BCUT2D eigenvalue weighted by atomic mass is 9.96. The first-order valence-corrected chi connectivity index (χ1v) is 7.06. The van der Waals surface area contributed by atoms with Gasteiger partial charge in [0.15, 0.2) is 5.78 Å². The molecule has 0 unspecified atom stereocenters. The third-order valence-corrected chi connectivity index (χ3v) is 4.40. The standard InChI is InChI=1S/C16H24N2O/c1-13(19)14-6-8-15(9-7-14)17-12-16(18(2)3)10-4-5-11-16/h6-9,17H,4-5,10-12H2,1-3H3. The minimum atomic E-state index is 0.118. The Morgan fingerprint density at radius 2 is 1.79 bits per heavy atom. The number of ketones is 1. The average molecular weight is 260 g/mol. The molecule has 3 heteroatoms. The fourth-order valence-corrected chi connectivity index (χ4v) is 2.90. The van der Waals surface area contributed by atoms with Gasteiger partial charge in [-0.1, -0.05) is 12.8 Å². The number of hydrogen-bond donors (Lipinski definition) is 1. The van der Waals surface area contributed by atoms with E-state index in [0.717, 1.165) is 17.8 Å². The molecule has 19 heavy (non-hydrogen) atoms. The number of Topliss-reactive ketones (excluding diaryl/α,β-unsaturated/α-hetero) is 1. The van der Waals surface area contributed by atoms with Crippen LogP contribution in [0.15, 0.2) is 24.3 Å². The maximum atomic E-state index is 11.2. The summed E-state index contributed by atoms with van der Waals surface area (Å²) in [5.41, 5.74) is 2.16. The fraction of sp³-hybridized carbons (Fsp3) is 0.562. The highest BCUT2D eigenvalue weighted by Crippen LogP contribution is 2.33. The molecular weight excluding hydrogens is 236 g/mol. The number of benzene rings is 1. The molecule has 0 aliphatic heterocycles. The van der Waals surface area contributed by atoms with Gasteiger partial charge in [-0.3, -0.25) is 4.79 Å². The molecule has 0 atom stereocenters. The van der Waals surface area contributed by atoms with Crippen molar-refractivity contribution in [2.75, 3.05) is 26.0 Å². The molecular formula is C16H24N2O. The summed E-state index contributed by atoms with van der Waals surface area (Å²) < 4.78 is 0. The number of nitrogens with zero attached hydrogens (tertiary/aromatic N) is 1. The van der Waals surface area contributed by atoms with Crippen LogP contribution >= 0.6 is 0 Å². The van der Waals surface area contributed by atoms with Crippen LogP contribution in [0.4, 0.5) is 5.69 Å². The monoisotopic (exact) mass is 260 g/mol. The Morgan fingerprint density at radius 1 is 1.21 bits per heavy atom. The minimum Gasteiger partial charge on any atom is -0.383 e. The van der Waals surface area contributed by atoms with Crippen molar-refractivity contribution in [3.8, 4) is 0 Å². The molecule has 104 valence electrons. The number of carbonyl (C=O) groups excluding carboxylic acids is 1.